The normalized spacial score (nSPS) is 17.4. The zero-order valence-electron chi connectivity index (χ0n) is 11.0. The fourth-order valence-corrected chi connectivity index (χ4v) is 2.58. The third-order valence-electron chi connectivity index (χ3n) is 3.45. The van der Waals surface area contributed by atoms with Crippen LogP contribution in [0.4, 0.5) is 0 Å². The van der Waals surface area contributed by atoms with Gasteiger partial charge in [0.25, 0.3) is 0 Å². The van der Waals surface area contributed by atoms with Crippen LogP contribution in [0.2, 0.25) is 0 Å². The Balaban J connectivity index is 2.00. The second-order valence-electron chi connectivity index (χ2n) is 4.75. The summed E-state index contributed by atoms with van der Waals surface area (Å²) in [5.41, 5.74) is 1.71. The van der Waals surface area contributed by atoms with Crippen molar-refractivity contribution in [3.63, 3.8) is 0 Å². The zero-order valence-corrected chi connectivity index (χ0v) is 12.5. The number of guanidine groups is 1. The molecule has 0 aromatic heterocycles. The average molecular weight is 310 g/mol. The molecular weight excluding hydrogens is 290 g/mol. The second kappa shape index (κ2) is 5.74. The molecule has 1 saturated carbocycles. The summed E-state index contributed by atoms with van der Waals surface area (Å²) in [6.07, 6.45) is 2.50. The van der Waals surface area contributed by atoms with E-state index in [1.165, 1.54) is 18.4 Å². The molecule has 0 heterocycles. The molecule has 0 radical (unpaired) electrons. The molecule has 98 valence electrons. The second-order valence-corrected chi connectivity index (χ2v) is 5.66. The highest BCUT2D eigenvalue weighted by molar-refractivity contribution is 9.10. The molecule has 0 atom stereocenters. The Morgan fingerprint density at radius 1 is 1.39 bits per heavy atom. The van der Waals surface area contributed by atoms with Gasteiger partial charge in [0.15, 0.2) is 5.96 Å². The van der Waals surface area contributed by atoms with E-state index in [1.807, 2.05) is 7.05 Å². The number of nitrogens with one attached hydrogen (secondary N) is 2. The molecule has 2 rings (SSSR count). The van der Waals surface area contributed by atoms with Crippen LogP contribution >= 0.6 is 15.9 Å². The molecule has 0 amide bonds. The Hall–Kier alpha value is -1.03. The van der Waals surface area contributed by atoms with Gasteiger partial charge in [0, 0.05) is 30.0 Å². The summed E-state index contributed by atoms with van der Waals surface area (Å²) in [5, 5.41) is 6.64. The molecule has 0 bridgehead atoms. The van der Waals surface area contributed by atoms with Crippen molar-refractivity contribution in [1.82, 2.24) is 10.6 Å². The highest BCUT2D eigenvalue weighted by Gasteiger charge is 2.44. The van der Waals surface area contributed by atoms with Crippen molar-refractivity contribution < 1.29 is 0 Å². The molecular formula is C14H20BrN3. The third kappa shape index (κ3) is 3.05. The van der Waals surface area contributed by atoms with Gasteiger partial charge in [-0.15, -0.1) is 0 Å². The summed E-state index contributed by atoms with van der Waals surface area (Å²) in [6.45, 7) is 3.92. The summed E-state index contributed by atoms with van der Waals surface area (Å²) < 4.78 is 1.15. The number of hydrogen-bond acceptors (Lipinski definition) is 1. The maximum atomic E-state index is 4.21. The summed E-state index contributed by atoms with van der Waals surface area (Å²) in [7, 11) is 1.81. The van der Waals surface area contributed by atoms with Crippen molar-refractivity contribution in [2.75, 3.05) is 20.1 Å². The van der Waals surface area contributed by atoms with Gasteiger partial charge in [-0.2, -0.15) is 0 Å². The predicted molar refractivity (Wildman–Crippen MR) is 80.1 cm³/mol. The van der Waals surface area contributed by atoms with Gasteiger partial charge in [0.05, 0.1) is 0 Å². The molecule has 0 saturated heterocycles. The van der Waals surface area contributed by atoms with Gasteiger partial charge in [-0.1, -0.05) is 28.1 Å². The summed E-state index contributed by atoms with van der Waals surface area (Å²) in [4.78, 5) is 4.21. The topological polar surface area (TPSA) is 36.4 Å². The van der Waals surface area contributed by atoms with Crippen LogP contribution < -0.4 is 10.6 Å². The van der Waals surface area contributed by atoms with Crippen molar-refractivity contribution in [1.29, 1.82) is 0 Å². The molecule has 4 heteroatoms. The van der Waals surface area contributed by atoms with E-state index in [0.29, 0.717) is 5.41 Å². The number of halogens is 1. The standard InChI is InChI=1S/C14H20BrN3/c1-3-17-13(16-2)18-10-14(7-8-14)11-5-4-6-12(15)9-11/h4-6,9H,3,7-8,10H2,1-2H3,(H2,16,17,18). The maximum absolute atomic E-state index is 4.21. The van der Waals surface area contributed by atoms with E-state index in [2.05, 4.69) is 62.7 Å². The van der Waals surface area contributed by atoms with Gasteiger partial charge in [-0.3, -0.25) is 4.99 Å². The molecule has 18 heavy (non-hydrogen) atoms. The van der Waals surface area contributed by atoms with Gasteiger partial charge in [0.2, 0.25) is 0 Å². The van der Waals surface area contributed by atoms with E-state index < -0.39 is 0 Å². The van der Waals surface area contributed by atoms with Crippen molar-refractivity contribution in [2.24, 2.45) is 4.99 Å². The lowest BCUT2D eigenvalue weighted by Gasteiger charge is -2.19. The fraction of sp³-hybridized carbons (Fsp3) is 0.500. The summed E-state index contributed by atoms with van der Waals surface area (Å²) in [5.74, 6) is 0.888. The van der Waals surface area contributed by atoms with E-state index in [-0.39, 0.29) is 0 Å². The van der Waals surface area contributed by atoms with E-state index >= 15 is 0 Å². The molecule has 2 N–H and O–H groups in total. The lowest BCUT2D eigenvalue weighted by atomic mass is 9.96. The lowest BCUT2D eigenvalue weighted by Crippen LogP contribution is -2.41. The number of aliphatic imine (C=N–C) groups is 1. The minimum absolute atomic E-state index is 0.301. The van der Waals surface area contributed by atoms with Crippen LogP contribution in [0.25, 0.3) is 0 Å². The zero-order chi connectivity index (χ0) is 13.0. The first-order valence-electron chi connectivity index (χ1n) is 6.41. The smallest absolute Gasteiger partial charge is 0.190 e. The van der Waals surface area contributed by atoms with Crippen LogP contribution in [0.3, 0.4) is 0 Å². The Morgan fingerprint density at radius 2 is 2.17 bits per heavy atom. The van der Waals surface area contributed by atoms with Crippen molar-refractivity contribution in [2.45, 2.75) is 25.2 Å². The van der Waals surface area contributed by atoms with Crippen LogP contribution in [-0.4, -0.2) is 26.1 Å². The molecule has 1 aromatic rings. The Bertz CT molecular complexity index is 438. The maximum Gasteiger partial charge on any atom is 0.190 e. The van der Waals surface area contributed by atoms with E-state index in [9.17, 15) is 0 Å². The predicted octanol–water partition coefficient (Wildman–Crippen LogP) is 2.67. The van der Waals surface area contributed by atoms with Crippen LogP contribution in [0.5, 0.6) is 0 Å². The quantitative estimate of drug-likeness (QED) is 0.662. The number of benzene rings is 1. The molecule has 0 unspecified atom stereocenters. The lowest BCUT2D eigenvalue weighted by molar-refractivity contribution is 0.647. The monoisotopic (exact) mass is 309 g/mol. The van der Waals surface area contributed by atoms with Gasteiger partial charge >= 0.3 is 0 Å². The highest BCUT2D eigenvalue weighted by Crippen LogP contribution is 2.48. The Labute approximate surface area is 117 Å². The van der Waals surface area contributed by atoms with Gasteiger partial charge < -0.3 is 10.6 Å². The molecule has 0 spiro atoms. The summed E-state index contributed by atoms with van der Waals surface area (Å²) in [6, 6.07) is 8.63. The molecule has 1 aromatic carbocycles. The first-order chi connectivity index (χ1) is 8.70. The average Bonchev–Trinajstić information content (AvgIpc) is 3.16. The minimum Gasteiger partial charge on any atom is -0.357 e. The van der Waals surface area contributed by atoms with Gasteiger partial charge in [0.1, 0.15) is 0 Å². The van der Waals surface area contributed by atoms with Crippen LogP contribution in [0.1, 0.15) is 25.3 Å². The van der Waals surface area contributed by atoms with Crippen LogP contribution in [0, 0.1) is 0 Å². The first kappa shape index (κ1) is 13.4. The molecule has 0 aliphatic heterocycles. The molecule has 1 fully saturated rings. The minimum atomic E-state index is 0.301. The largest absolute Gasteiger partial charge is 0.357 e. The van der Waals surface area contributed by atoms with Crippen molar-refractivity contribution in [3.8, 4) is 0 Å². The highest BCUT2D eigenvalue weighted by atomic mass is 79.9. The molecule has 1 aliphatic carbocycles. The first-order valence-corrected chi connectivity index (χ1v) is 7.20. The fourth-order valence-electron chi connectivity index (χ4n) is 2.18. The van der Waals surface area contributed by atoms with Crippen LogP contribution in [0.15, 0.2) is 33.7 Å². The Morgan fingerprint density at radius 3 is 2.72 bits per heavy atom. The van der Waals surface area contributed by atoms with Gasteiger partial charge in [-0.25, -0.2) is 0 Å². The van der Waals surface area contributed by atoms with Crippen LogP contribution in [-0.2, 0) is 5.41 Å². The SMILES string of the molecule is CCNC(=NC)NCC1(c2cccc(Br)c2)CC1. The van der Waals surface area contributed by atoms with Crippen molar-refractivity contribution >= 4 is 21.9 Å². The van der Waals surface area contributed by atoms with E-state index in [1.54, 1.807) is 0 Å². The van der Waals surface area contributed by atoms with E-state index in [4.69, 9.17) is 0 Å². The van der Waals surface area contributed by atoms with E-state index in [0.717, 1.165) is 23.5 Å². The summed E-state index contributed by atoms with van der Waals surface area (Å²) >= 11 is 3.54. The van der Waals surface area contributed by atoms with Gasteiger partial charge in [-0.05, 0) is 37.5 Å². The Kier molecular flexibility index (Phi) is 4.27. The number of hydrogen-bond donors (Lipinski definition) is 2. The number of nitrogens with zero attached hydrogens (tertiary/aromatic N) is 1. The van der Waals surface area contributed by atoms with Crippen molar-refractivity contribution in [3.05, 3.63) is 34.3 Å². The third-order valence-corrected chi connectivity index (χ3v) is 3.95. The number of rotatable bonds is 4. The molecule has 1 aliphatic rings. The molecule has 3 nitrogen and oxygen atoms in total.